The van der Waals surface area contributed by atoms with Crippen LogP contribution in [-0.4, -0.2) is 58.1 Å². The number of hydrogen-bond acceptors (Lipinski definition) is 7. The number of amides is 1. The highest BCUT2D eigenvalue weighted by atomic mass is 32.2. The standard InChI is InChI=1S/C16H21N5O3S2/c1-20-9-11(7-18-20)13-10-26(23,24)6-2-5-21(13)15(22)14-8-17-16(25-14)19-12-3-4-12/h7-9,12-13H,2-6,10H2,1H3,(H,17,19)/t13-/m0/s1. The molecule has 1 amide bonds. The number of nitrogens with zero attached hydrogens (tertiary/aromatic N) is 4. The summed E-state index contributed by atoms with van der Waals surface area (Å²) in [6.45, 7) is 0.404. The van der Waals surface area contributed by atoms with Gasteiger partial charge in [-0.2, -0.15) is 5.10 Å². The van der Waals surface area contributed by atoms with Gasteiger partial charge in [0, 0.05) is 31.4 Å². The van der Waals surface area contributed by atoms with Crippen molar-refractivity contribution in [3.63, 3.8) is 0 Å². The van der Waals surface area contributed by atoms with Gasteiger partial charge < -0.3 is 10.2 Å². The average Bonchev–Trinajstić information content (AvgIpc) is 3.14. The first kappa shape index (κ1) is 17.5. The normalized spacial score (nSPS) is 22.8. The van der Waals surface area contributed by atoms with Crippen LogP contribution in [0.15, 0.2) is 18.6 Å². The van der Waals surface area contributed by atoms with Crippen LogP contribution in [0.5, 0.6) is 0 Å². The Morgan fingerprint density at radius 1 is 1.35 bits per heavy atom. The van der Waals surface area contributed by atoms with E-state index in [4.69, 9.17) is 0 Å². The first-order valence-electron chi connectivity index (χ1n) is 8.63. The van der Waals surface area contributed by atoms with Crippen molar-refractivity contribution in [2.75, 3.05) is 23.4 Å². The molecule has 2 aliphatic rings. The summed E-state index contributed by atoms with van der Waals surface area (Å²) in [4.78, 5) is 19.6. The molecule has 0 spiro atoms. The predicted molar refractivity (Wildman–Crippen MR) is 99.0 cm³/mol. The van der Waals surface area contributed by atoms with E-state index in [2.05, 4.69) is 15.4 Å². The minimum Gasteiger partial charge on any atom is -0.359 e. The van der Waals surface area contributed by atoms with E-state index in [0.29, 0.717) is 23.9 Å². The van der Waals surface area contributed by atoms with E-state index in [1.54, 1.807) is 35.2 Å². The second kappa shape index (κ2) is 6.66. The molecule has 2 aromatic rings. The van der Waals surface area contributed by atoms with E-state index >= 15 is 0 Å². The van der Waals surface area contributed by atoms with Crippen molar-refractivity contribution < 1.29 is 13.2 Å². The van der Waals surface area contributed by atoms with Gasteiger partial charge in [0.05, 0.1) is 29.9 Å². The molecule has 140 valence electrons. The van der Waals surface area contributed by atoms with Crippen LogP contribution in [-0.2, 0) is 16.9 Å². The Labute approximate surface area is 156 Å². The summed E-state index contributed by atoms with van der Waals surface area (Å²) >= 11 is 1.33. The Bertz CT molecular complexity index is 916. The zero-order valence-corrected chi connectivity index (χ0v) is 16.1. The number of aryl methyl sites for hydroxylation is 1. The van der Waals surface area contributed by atoms with Gasteiger partial charge >= 0.3 is 0 Å². The molecule has 10 heteroatoms. The summed E-state index contributed by atoms with van der Waals surface area (Å²) in [6.07, 6.45) is 7.71. The maximum absolute atomic E-state index is 13.1. The highest BCUT2D eigenvalue weighted by Gasteiger charge is 2.35. The lowest BCUT2D eigenvalue weighted by Gasteiger charge is -2.28. The van der Waals surface area contributed by atoms with Gasteiger partial charge in [-0.05, 0) is 19.3 Å². The smallest absolute Gasteiger partial charge is 0.266 e. The van der Waals surface area contributed by atoms with E-state index in [1.165, 1.54) is 11.3 Å². The molecule has 2 aromatic heterocycles. The van der Waals surface area contributed by atoms with Gasteiger partial charge in [0.25, 0.3) is 5.91 Å². The van der Waals surface area contributed by atoms with Gasteiger partial charge in [0.1, 0.15) is 4.88 Å². The second-order valence-corrected chi connectivity index (χ2v) is 10.1. The van der Waals surface area contributed by atoms with Crippen molar-refractivity contribution in [3.05, 3.63) is 29.0 Å². The number of hydrogen-bond donors (Lipinski definition) is 1. The third-order valence-corrected chi connectivity index (χ3v) is 7.29. The van der Waals surface area contributed by atoms with E-state index in [1.807, 2.05) is 0 Å². The number of rotatable bonds is 4. The number of carbonyl (C=O) groups excluding carboxylic acids is 1. The van der Waals surface area contributed by atoms with Gasteiger partial charge in [-0.15, -0.1) is 0 Å². The Kier molecular flexibility index (Phi) is 4.47. The Balaban J connectivity index is 1.62. The lowest BCUT2D eigenvalue weighted by molar-refractivity contribution is 0.0703. The maximum atomic E-state index is 13.1. The Hall–Kier alpha value is -1.94. The zero-order chi connectivity index (χ0) is 18.3. The first-order valence-corrected chi connectivity index (χ1v) is 11.3. The molecule has 0 bridgehead atoms. The van der Waals surface area contributed by atoms with Crippen LogP contribution in [0.25, 0.3) is 0 Å². The third kappa shape index (κ3) is 3.75. The van der Waals surface area contributed by atoms with Crippen LogP contribution in [0.1, 0.15) is 40.5 Å². The Morgan fingerprint density at radius 2 is 2.15 bits per heavy atom. The highest BCUT2D eigenvalue weighted by Crippen LogP contribution is 2.31. The third-order valence-electron chi connectivity index (χ3n) is 4.63. The van der Waals surface area contributed by atoms with E-state index in [0.717, 1.165) is 23.5 Å². The van der Waals surface area contributed by atoms with Crippen molar-refractivity contribution >= 4 is 32.2 Å². The molecular weight excluding hydrogens is 374 g/mol. The predicted octanol–water partition coefficient (Wildman–Crippen LogP) is 1.45. The van der Waals surface area contributed by atoms with Crippen LogP contribution in [0.3, 0.4) is 0 Å². The first-order chi connectivity index (χ1) is 12.4. The minimum atomic E-state index is -3.21. The van der Waals surface area contributed by atoms with Gasteiger partial charge in [0.15, 0.2) is 15.0 Å². The summed E-state index contributed by atoms with van der Waals surface area (Å²) in [5.41, 5.74) is 0.743. The highest BCUT2D eigenvalue weighted by molar-refractivity contribution is 7.91. The van der Waals surface area contributed by atoms with Crippen LogP contribution < -0.4 is 5.32 Å². The quantitative estimate of drug-likeness (QED) is 0.842. The van der Waals surface area contributed by atoms with Crippen LogP contribution in [0, 0.1) is 0 Å². The number of sulfone groups is 1. The number of aromatic nitrogens is 3. The topological polar surface area (TPSA) is 97.2 Å². The summed E-state index contributed by atoms with van der Waals surface area (Å²) in [7, 11) is -1.44. The largest absolute Gasteiger partial charge is 0.359 e. The molecule has 1 saturated carbocycles. The number of nitrogens with one attached hydrogen (secondary N) is 1. The summed E-state index contributed by atoms with van der Waals surface area (Å²) in [5, 5.41) is 8.18. The molecule has 8 nitrogen and oxygen atoms in total. The lowest BCUT2D eigenvalue weighted by Crippen LogP contribution is -2.36. The monoisotopic (exact) mass is 395 g/mol. The summed E-state index contributed by atoms with van der Waals surface area (Å²) in [6, 6.07) is -0.0544. The fourth-order valence-electron chi connectivity index (χ4n) is 3.14. The van der Waals surface area contributed by atoms with E-state index < -0.39 is 15.9 Å². The van der Waals surface area contributed by atoms with Gasteiger partial charge in [0.2, 0.25) is 0 Å². The summed E-state index contributed by atoms with van der Waals surface area (Å²) < 4.78 is 26.3. The van der Waals surface area contributed by atoms with Crippen molar-refractivity contribution in [3.8, 4) is 0 Å². The number of thiazole rings is 1. The SMILES string of the molecule is Cn1cc([C@@H]2CS(=O)(=O)CCCN2C(=O)c2cnc(NC3CC3)s2)cn1. The van der Waals surface area contributed by atoms with Gasteiger partial charge in [-0.3, -0.25) is 9.48 Å². The number of carbonyl (C=O) groups is 1. The molecule has 1 saturated heterocycles. The molecule has 1 aliphatic heterocycles. The molecule has 3 heterocycles. The molecule has 1 N–H and O–H groups in total. The summed E-state index contributed by atoms with van der Waals surface area (Å²) in [5.74, 6) is -0.140. The molecule has 26 heavy (non-hydrogen) atoms. The maximum Gasteiger partial charge on any atom is 0.266 e. The number of anilines is 1. The molecular formula is C16H21N5O3S2. The van der Waals surface area contributed by atoms with Crippen LogP contribution in [0.4, 0.5) is 5.13 Å². The zero-order valence-electron chi connectivity index (χ0n) is 14.5. The van der Waals surface area contributed by atoms with Crippen molar-refractivity contribution in [1.29, 1.82) is 0 Å². The van der Waals surface area contributed by atoms with Crippen molar-refractivity contribution in [2.24, 2.45) is 7.05 Å². The van der Waals surface area contributed by atoms with Gasteiger partial charge in [-0.1, -0.05) is 11.3 Å². The molecule has 0 radical (unpaired) electrons. The average molecular weight is 396 g/mol. The fraction of sp³-hybridized carbons (Fsp3) is 0.562. The molecule has 4 rings (SSSR count). The van der Waals surface area contributed by atoms with Crippen LogP contribution >= 0.6 is 11.3 Å². The Morgan fingerprint density at radius 3 is 2.85 bits per heavy atom. The fourth-order valence-corrected chi connectivity index (χ4v) is 5.58. The second-order valence-electron chi connectivity index (χ2n) is 6.88. The van der Waals surface area contributed by atoms with Crippen LogP contribution in [0.2, 0.25) is 0 Å². The van der Waals surface area contributed by atoms with Crippen molar-refractivity contribution in [1.82, 2.24) is 19.7 Å². The van der Waals surface area contributed by atoms with Crippen molar-refractivity contribution in [2.45, 2.75) is 31.3 Å². The van der Waals surface area contributed by atoms with E-state index in [9.17, 15) is 13.2 Å². The molecule has 1 aliphatic carbocycles. The lowest BCUT2D eigenvalue weighted by atomic mass is 10.1. The minimum absolute atomic E-state index is 0.0730. The molecule has 2 fully saturated rings. The van der Waals surface area contributed by atoms with E-state index in [-0.39, 0.29) is 17.4 Å². The molecule has 0 aromatic carbocycles. The molecule has 1 atom stereocenters. The molecule has 0 unspecified atom stereocenters. The van der Waals surface area contributed by atoms with Gasteiger partial charge in [-0.25, -0.2) is 13.4 Å².